The summed E-state index contributed by atoms with van der Waals surface area (Å²) in [7, 11) is 0. The Kier molecular flexibility index (Phi) is 2.19. The van der Waals surface area contributed by atoms with E-state index in [-0.39, 0.29) is 0 Å². The quantitative estimate of drug-likeness (QED) is 0.731. The van der Waals surface area contributed by atoms with Crippen molar-refractivity contribution >= 4 is 17.0 Å². The standard InChI is InChI=1S/C11H10N4S/c12-5-8-6-13-11-4-9(14-15(11)7-8)10-2-1-3-16-10/h1-4,6-7H,5,12H2. The summed E-state index contributed by atoms with van der Waals surface area (Å²) < 4.78 is 1.78. The monoisotopic (exact) mass is 230 g/mol. The van der Waals surface area contributed by atoms with E-state index in [0.29, 0.717) is 6.54 Å². The molecule has 3 aromatic rings. The molecule has 0 aliphatic rings. The molecule has 80 valence electrons. The number of rotatable bonds is 2. The first-order chi connectivity index (χ1) is 7.86. The Morgan fingerprint density at radius 3 is 3.12 bits per heavy atom. The van der Waals surface area contributed by atoms with Crippen LogP contribution in [0.2, 0.25) is 0 Å². The molecule has 2 N–H and O–H groups in total. The van der Waals surface area contributed by atoms with Crippen LogP contribution in [-0.2, 0) is 6.54 Å². The van der Waals surface area contributed by atoms with Crippen molar-refractivity contribution in [3.8, 4) is 10.6 Å². The molecule has 0 unspecified atom stereocenters. The van der Waals surface area contributed by atoms with Gasteiger partial charge in [0.25, 0.3) is 0 Å². The molecule has 0 fully saturated rings. The third-order valence-electron chi connectivity index (χ3n) is 2.38. The maximum absolute atomic E-state index is 5.56. The van der Waals surface area contributed by atoms with Crippen LogP contribution in [0.25, 0.3) is 16.2 Å². The predicted molar refractivity (Wildman–Crippen MR) is 64.2 cm³/mol. The van der Waals surface area contributed by atoms with E-state index in [1.54, 1.807) is 22.0 Å². The summed E-state index contributed by atoms with van der Waals surface area (Å²) in [6.45, 7) is 0.483. The Morgan fingerprint density at radius 2 is 2.38 bits per heavy atom. The van der Waals surface area contributed by atoms with Gasteiger partial charge in [-0.2, -0.15) is 5.10 Å². The van der Waals surface area contributed by atoms with Crippen LogP contribution in [0.3, 0.4) is 0 Å². The van der Waals surface area contributed by atoms with E-state index in [9.17, 15) is 0 Å². The molecule has 3 rings (SSSR count). The molecule has 3 heterocycles. The molecule has 0 amide bonds. The van der Waals surface area contributed by atoms with Crippen LogP contribution in [-0.4, -0.2) is 14.6 Å². The Bertz CT molecular complexity index is 612. The topological polar surface area (TPSA) is 56.2 Å². The van der Waals surface area contributed by atoms with E-state index >= 15 is 0 Å². The normalized spacial score (nSPS) is 11.1. The fourth-order valence-electron chi connectivity index (χ4n) is 1.57. The van der Waals surface area contributed by atoms with Gasteiger partial charge in [0.15, 0.2) is 5.65 Å². The number of aromatic nitrogens is 3. The summed E-state index contributed by atoms with van der Waals surface area (Å²) in [5.74, 6) is 0. The second-order valence-electron chi connectivity index (χ2n) is 3.48. The first-order valence-electron chi connectivity index (χ1n) is 4.95. The van der Waals surface area contributed by atoms with Crippen molar-refractivity contribution < 1.29 is 0 Å². The molecule has 0 spiro atoms. The lowest BCUT2D eigenvalue weighted by Gasteiger charge is -1.95. The molecule has 0 atom stereocenters. The number of nitrogens with zero attached hydrogens (tertiary/aromatic N) is 3. The molecular weight excluding hydrogens is 220 g/mol. The molecule has 0 radical (unpaired) electrons. The third-order valence-corrected chi connectivity index (χ3v) is 3.27. The smallest absolute Gasteiger partial charge is 0.155 e. The zero-order valence-electron chi connectivity index (χ0n) is 8.50. The van der Waals surface area contributed by atoms with Crippen LogP contribution in [0, 0.1) is 0 Å². The van der Waals surface area contributed by atoms with Gasteiger partial charge < -0.3 is 5.73 Å². The van der Waals surface area contributed by atoms with E-state index < -0.39 is 0 Å². The maximum Gasteiger partial charge on any atom is 0.155 e. The summed E-state index contributed by atoms with van der Waals surface area (Å²) >= 11 is 1.67. The van der Waals surface area contributed by atoms with Crippen LogP contribution in [0.15, 0.2) is 36.0 Å². The van der Waals surface area contributed by atoms with Gasteiger partial charge in [-0.1, -0.05) is 6.07 Å². The summed E-state index contributed by atoms with van der Waals surface area (Å²) in [5.41, 5.74) is 8.35. The molecule has 0 bridgehead atoms. The molecule has 5 heteroatoms. The molecule has 0 saturated carbocycles. The van der Waals surface area contributed by atoms with Crippen molar-refractivity contribution in [2.75, 3.05) is 0 Å². The predicted octanol–water partition coefficient (Wildman–Crippen LogP) is 1.92. The van der Waals surface area contributed by atoms with Gasteiger partial charge in [-0.05, 0) is 11.4 Å². The van der Waals surface area contributed by atoms with Gasteiger partial charge in [0.05, 0.1) is 4.88 Å². The van der Waals surface area contributed by atoms with Crippen LogP contribution >= 0.6 is 11.3 Å². The fourth-order valence-corrected chi connectivity index (χ4v) is 2.25. The molecule has 0 aliphatic carbocycles. The van der Waals surface area contributed by atoms with Crippen LogP contribution in [0.1, 0.15) is 5.56 Å². The van der Waals surface area contributed by atoms with E-state index in [4.69, 9.17) is 5.73 Å². The van der Waals surface area contributed by atoms with Gasteiger partial charge in [0.1, 0.15) is 5.69 Å². The lowest BCUT2D eigenvalue weighted by atomic mass is 10.3. The Hall–Kier alpha value is -1.72. The number of nitrogens with two attached hydrogens (primary N) is 1. The Balaban J connectivity index is 2.16. The highest BCUT2D eigenvalue weighted by molar-refractivity contribution is 7.13. The van der Waals surface area contributed by atoms with Crippen LogP contribution in [0.4, 0.5) is 0 Å². The highest BCUT2D eigenvalue weighted by Gasteiger charge is 2.06. The van der Waals surface area contributed by atoms with Crippen molar-refractivity contribution in [3.63, 3.8) is 0 Å². The SMILES string of the molecule is NCc1cnc2cc(-c3cccs3)nn2c1. The van der Waals surface area contributed by atoms with Crippen molar-refractivity contribution in [2.24, 2.45) is 5.73 Å². The van der Waals surface area contributed by atoms with Gasteiger partial charge in [0.2, 0.25) is 0 Å². The molecule has 0 aromatic carbocycles. The summed E-state index contributed by atoms with van der Waals surface area (Å²) in [6, 6.07) is 6.05. The molecule has 3 aromatic heterocycles. The summed E-state index contributed by atoms with van der Waals surface area (Å²) in [5, 5.41) is 6.51. The second kappa shape index (κ2) is 3.70. The number of hydrogen-bond donors (Lipinski definition) is 1. The molecular formula is C11H10N4S. The van der Waals surface area contributed by atoms with E-state index in [0.717, 1.165) is 21.8 Å². The first-order valence-corrected chi connectivity index (χ1v) is 5.83. The van der Waals surface area contributed by atoms with E-state index in [1.165, 1.54) is 0 Å². The van der Waals surface area contributed by atoms with Gasteiger partial charge >= 0.3 is 0 Å². The highest BCUT2D eigenvalue weighted by atomic mass is 32.1. The van der Waals surface area contributed by atoms with E-state index in [1.807, 2.05) is 23.7 Å². The minimum absolute atomic E-state index is 0.483. The maximum atomic E-state index is 5.56. The van der Waals surface area contributed by atoms with Gasteiger partial charge in [0, 0.05) is 30.6 Å². The average Bonchev–Trinajstić information content (AvgIpc) is 2.96. The minimum atomic E-state index is 0.483. The first kappa shape index (κ1) is 9.50. The van der Waals surface area contributed by atoms with Crippen LogP contribution < -0.4 is 5.73 Å². The van der Waals surface area contributed by atoms with Crippen LogP contribution in [0.5, 0.6) is 0 Å². The average molecular weight is 230 g/mol. The third kappa shape index (κ3) is 1.50. The highest BCUT2D eigenvalue weighted by Crippen LogP contribution is 2.23. The second-order valence-corrected chi connectivity index (χ2v) is 4.42. The summed E-state index contributed by atoms with van der Waals surface area (Å²) in [4.78, 5) is 5.46. The lowest BCUT2D eigenvalue weighted by molar-refractivity contribution is 0.906. The largest absolute Gasteiger partial charge is 0.326 e. The van der Waals surface area contributed by atoms with Gasteiger partial charge in [-0.3, -0.25) is 0 Å². The van der Waals surface area contributed by atoms with Crippen molar-refractivity contribution in [3.05, 3.63) is 41.5 Å². The minimum Gasteiger partial charge on any atom is -0.326 e. The number of thiophene rings is 1. The summed E-state index contributed by atoms with van der Waals surface area (Å²) in [6.07, 6.45) is 3.70. The fraction of sp³-hybridized carbons (Fsp3) is 0.0909. The van der Waals surface area contributed by atoms with Gasteiger partial charge in [-0.25, -0.2) is 9.50 Å². The molecule has 0 aliphatic heterocycles. The zero-order valence-corrected chi connectivity index (χ0v) is 9.31. The number of hydrogen-bond acceptors (Lipinski definition) is 4. The van der Waals surface area contributed by atoms with Crippen molar-refractivity contribution in [2.45, 2.75) is 6.54 Å². The van der Waals surface area contributed by atoms with Gasteiger partial charge in [-0.15, -0.1) is 11.3 Å². The molecule has 4 nitrogen and oxygen atoms in total. The number of fused-ring (bicyclic) bond motifs is 1. The zero-order chi connectivity index (χ0) is 11.0. The van der Waals surface area contributed by atoms with Crippen molar-refractivity contribution in [1.82, 2.24) is 14.6 Å². The molecule has 16 heavy (non-hydrogen) atoms. The van der Waals surface area contributed by atoms with E-state index in [2.05, 4.69) is 16.1 Å². The lowest BCUT2D eigenvalue weighted by Crippen LogP contribution is -2.00. The Morgan fingerprint density at radius 1 is 1.44 bits per heavy atom. The molecule has 0 saturated heterocycles. The Labute approximate surface area is 96.4 Å². The van der Waals surface area contributed by atoms with Crippen molar-refractivity contribution in [1.29, 1.82) is 0 Å².